The van der Waals surface area contributed by atoms with Crippen molar-refractivity contribution in [1.82, 2.24) is 4.57 Å². The van der Waals surface area contributed by atoms with Gasteiger partial charge in [0.1, 0.15) is 12.4 Å². The average Bonchev–Trinajstić information content (AvgIpc) is 2.72. The van der Waals surface area contributed by atoms with E-state index in [0.29, 0.717) is 13.2 Å². The number of aryl methyl sites for hydroxylation is 1. The molecule has 0 aliphatic carbocycles. The Morgan fingerprint density at radius 3 is 2.82 bits per heavy atom. The fourth-order valence-corrected chi connectivity index (χ4v) is 2.09. The Kier molecular flexibility index (Phi) is 3.66. The predicted octanol–water partition coefficient (Wildman–Crippen LogP) is 1.49. The highest BCUT2D eigenvalue weighted by Crippen LogP contribution is 2.24. The highest BCUT2D eigenvalue weighted by molar-refractivity contribution is 5.82. The third kappa shape index (κ3) is 2.28. The third-order valence-corrected chi connectivity index (χ3v) is 2.85. The Balaban J connectivity index is 2.43. The molecule has 1 aromatic heterocycles. The number of ether oxygens (including phenoxy) is 1. The lowest BCUT2D eigenvalue weighted by Gasteiger charge is -2.08. The number of hydrogen-bond acceptors (Lipinski definition) is 3. The van der Waals surface area contributed by atoms with Crippen molar-refractivity contribution in [3.8, 4) is 5.75 Å². The van der Waals surface area contributed by atoms with Crippen LogP contribution in [-0.2, 0) is 13.1 Å². The molecule has 1 heterocycles. The Hall–Kier alpha value is -1.52. The summed E-state index contributed by atoms with van der Waals surface area (Å²) in [5.74, 6) is 0.780. The van der Waals surface area contributed by atoms with Gasteiger partial charge in [0.05, 0.1) is 12.1 Å². The van der Waals surface area contributed by atoms with Crippen molar-refractivity contribution in [3.05, 3.63) is 30.0 Å². The molecule has 0 aliphatic heterocycles. The zero-order valence-corrected chi connectivity index (χ0v) is 10.0. The quantitative estimate of drug-likeness (QED) is 0.824. The molecule has 17 heavy (non-hydrogen) atoms. The normalized spacial score (nSPS) is 11.0. The second kappa shape index (κ2) is 5.21. The summed E-state index contributed by atoms with van der Waals surface area (Å²) in [4.78, 5) is 0. The summed E-state index contributed by atoms with van der Waals surface area (Å²) in [5, 5.41) is 9.91. The number of aliphatic hydroxyl groups is 1. The number of nitrogens with two attached hydrogens (primary N) is 1. The molecule has 0 aliphatic rings. The minimum atomic E-state index is 0.0286. The monoisotopic (exact) mass is 234 g/mol. The number of aliphatic hydroxyl groups excluding tert-OH is 1. The van der Waals surface area contributed by atoms with Crippen molar-refractivity contribution in [1.29, 1.82) is 0 Å². The van der Waals surface area contributed by atoms with E-state index in [4.69, 9.17) is 15.6 Å². The second-order valence-corrected chi connectivity index (χ2v) is 3.88. The Morgan fingerprint density at radius 2 is 2.18 bits per heavy atom. The molecule has 0 spiro atoms. The summed E-state index contributed by atoms with van der Waals surface area (Å²) in [5.41, 5.74) is 7.98. The van der Waals surface area contributed by atoms with E-state index in [1.54, 1.807) is 0 Å². The minimum absolute atomic E-state index is 0.0286. The summed E-state index contributed by atoms with van der Waals surface area (Å²) in [6.45, 7) is 3.87. The van der Waals surface area contributed by atoms with Gasteiger partial charge in [0.15, 0.2) is 0 Å². The topological polar surface area (TPSA) is 60.4 Å². The fourth-order valence-electron chi connectivity index (χ4n) is 2.09. The van der Waals surface area contributed by atoms with Crippen LogP contribution < -0.4 is 10.5 Å². The number of benzene rings is 1. The van der Waals surface area contributed by atoms with Gasteiger partial charge in [-0.3, -0.25) is 0 Å². The van der Waals surface area contributed by atoms with E-state index in [2.05, 4.69) is 17.6 Å². The van der Waals surface area contributed by atoms with Crippen molar-refractivity contribution in [2.75, 3.05) is 13.2 Å². The first-order valence-corrected chi connectivity index (χ1v) is 5.86. The number of hydrogen-bond donors (Lipinski definition) is 2. The van der Waals surface area contributed by atoms with Gasteiger partial charge in [0.2, 0.25) is 0 Å². The first-order valence-electron chi connectivity index (χ1n) is 5.86. The smallest absolute Gasteiger partial charge is 0.121 e. The van der Waals surface area contributed by atoms with Crippen molar-refractivity contribution in [3.63, 3.8) is 0 Å². The van der Waals surface area contributed by atoms with E-state index in [9.17, 15) is 0 Å². The van der Waals surface area contributed by atoms with Gasteiger partial charge in [-0.25, -0.2) is 0 Å². The molecule has 0 fully saturated rings. The molecular weight excluding hydrogens is 216 g/mol. The van der Waals surface area contributed by atoms with Crippen molar-refractivity contribution in [2.45, 2.75) is 20.0 Å². The summed E-state index contributed by atoms with van der Waals surface area (Å²) >= 11 is 0. The second-order valence-electron chi connectivity index (χ2n) is 3.88. The van der Waals surface area contributed by atoms with E-state index in [1.165, 1.54) is 5.39 Å². The molecule has 2 aromatic rings. The van der Waals surface area contributed by atoms with Crippen molar-refractivity contribution in [2.24, 2.45) is 5.73 Å². The van der Waals surface area contributed by atoms with Crippen LogP contribution in [0.4, 0.5) is 0 Å². The van der Waals surface area contributed by atoms with Crippen molar-refractivity contribution < 1.29 is 9.84 Å². The number of rotatable bonds is 5. The molecule has 1 aromatic carbocycles. The van der Waals surface area contributed by atoms with Crippen LogP contribution >= 0.6 is 0 Å². The van der Waals surface area contributed by atoms with Gasteiger partial charge in [-0.2, -0.15) is 0 Å². The first-order chi connectivity index (χ1) is 8.30. The van der Waals surface area contributed by atoms with Crippen LogP contribution in [0.1, 0.15) is 12.6 Å². The number of fused-ring (bicyclic) bond motifs is 1. The van der Waals surface area contributed by atoms with Crippen molar-refractivity contribution >= 4 is 10.9 Å². The Morgan fingerprint density at radius 1 is 1.35 bits per heavy atom. The van der Waals surface area contributed by atoms with Crippen LogP contribution in [0.25, 0.3) is 10.9 Å². The minimum Gasteiger partial charge on any atom is -0.491 e. The fraction of sp³-hybridized carbons (Fsp3) is 0.385. The lowest BCUT2D eigenvalue weighted by Crippen LogP contribution is -2.05. The molecule has 2 rings (SSSR count). The van der Waals surface area contributed by atoms with Crippen LogP contribution in [-0.4, -0.2) is 22.9 Å². The standard InChI is InChI=1S/C13H18N2O2/c1-2-15-11(9-14)7-10-3-4-12(8-13(10)15)17-6-5-16/h3-4,7-8,16H,2,5-6,9,14H2,1H3. The van der Waals surface area contributed by atoms with Crippen LogP contribution in [0.5, 0.6) is 5.75 Å². The molecule has 92 valence electrons. The third-order valence-electron chi connectivity index (χ3n) is 2.85. The van der Waals surface area contributed by atoms with E-state index in [-0.39, 0.29) is 6.61 Å². The van der Waals surface area contributed by atoms with Gasteiger partial charge in [-0.15, -0.1) is 0 Å². The van der Waals surface area contributed by atoms with Gasteiger partial charge in [0.25, 0.3) is 0 Å². The number of aromatic nitrogens is 1. The highest BCUT2D eigenvalue weighted by Gasteiger charge is 2.07. The molecular formula is C13H18N2O2. The van der Waals surface area contributed by atoms with E-state index in [1.807, 2.05) is 18.2 Å². The van der Waals surface area contributed by atoms with Crippen LogP contribution in [0.3, 0.4) is 0 Å². The van der Waals surface area contributed by atoms with Gasteiger partial charge in [0, 0.05) is 30.2 Å². The summed E-state index contributed by atoms with van der Waals surface area (Å²) in [6.07, 6.45) is 0. The lowest BCUT2D eigenvalue weighted by molar-refractivity contribution is 0.201. The highest BCUT2D eigenvalue weighted by atomic mass is 16.5. The molecule has 0 unspecified atom stereocenters. The molecule has 4 heteroatoms. The molecule has 0 amide bonds. The maximum Gasteiger partial charge on any atom is 0.121 e. The van der Waals surface area contributed by atoms with Gasteiger partial charge in [-0.1, -0.05) is 0 Å². The summed E-state index contributed by atoms with van der Waals surface area (Å²) in [7, 11) is 0. The van der Waals surface area contributed by atoms with Gasteiger partial charge < -0.3 is 20.1 Å². The van der Waals surface area contributed by atoms with E-state index >= 15 is 0 Å². The maximum absolute atomic E-state index is 8.74. The maximum atomic E-state index is 8.74. The van der Waals surface area contributed by atoms with Gasteiger partial charge >= 0.3 is 0 Å². The molecule has 0 saturated carbocycles. The molecule has 0 saturated heterocycles. The average molecular weight is 234 g/mol. The predicted molar refractivity (Wildman–Crippen MR) is 68.1 cm³/mol. The molecule has 4 nitrogen and oxygen atoms in total. The molecule has 0 atom stereocenters. The Labute approximate surface area is 101 Å². The zero-order valence-electron chi connectivity index (χ0n) is 10.0. The van der Waals surface area contributed by atoms with E-state index < -0.39 is 0 Å². The number of nitrogens with zero attached hydrogens (tertiary/aromatic N) is 1. The Bertz CT molecular complexity index is 505. The van der Waals surface area contributed by atoms with Crippen LogP contribution in [0, 0.1) is 0 Å². The van der Waals surface area contributed by atoms with Crippen LogP contribution in [0.2, 0.25) is 0 Å². The molecule has 3 N–H and O–H groups in total. The first kappa shape index (κ1) is 12.0. The lowest BCUT2D eigenvalue weighted by atomic mass is 10.2. The molecule has 0 radical (unpaired) electrons. The summed E-state index contributed by atoms with van der Waals surface area (Å²) < 4.78 is 7.59. The SMILES string of the molecule is CCn1c(CN)cc2ccc(OCCO)cc21. The summed E-state index contributed by atoms with van der Waals surface area (Å²) in [6, 6.07) is 8.04. The largest absolute Gasteiger partial charge is 0.491 e. The van der Waals surface area contributed by atoms with Gasteiger partial charge in [-0.05, 0) is 25.1 Å². The molecule has 0 bridgehead atoms. The zero-order chi connectivity index (χ0) is 12.3. The van der Waals surface area contributed by atoms with E-state index in [0.717, 1.165) is 23.5 Å². The van der Waals surface area contributed by atoms with Crippen LogP contribution in [0.15, 0.2) is 24.3 Å².